The van der Waals surface area contributed by atoms with Crippen molar-refractivity contribution in [3.05, 3.63) is 29.6 Å². The lowest BCUT2D eigenvalue weighted by atomic mass is 10.1. The maximum atomic E-state index is 12.9. The normalized spacial score (nSPS) is 12.2. The molecule has 94 valence electrons. The van der Waals surface area contributed by atoms with Gasteiger partial charge in [0.15, 0.2) is 0 Å². The molecule has 4 N–H and O–H groups in total. The van der Waals surface area contributed by atoms with E-state index in [9.17, 15) is 9.18 Å². The van der Waals surface area contributed by atoms with E-state index in [0.29, 0.717) is 0 Å². The molecule has 1 unspecified atom stereocenters. The predicted molar refractivity (Wildman–Crippen MR) is 61.0 cm³/mol. The Bertz CT molecular complexity index is 398. The minimum atomic E-state index is -0.572. The Morgan fingerprint density at radius 3 is 2.88 bits per heavy atom. The molecule has 0 spiro atoms. The molecule has 0 bridgehead atoms. The fourth-order valence-electron chi connectivity index (χ4n) is 1.29. The van der Waals surface area contributed by atoms with E-state index in [4.69, 9.17) is 15.6 Å². The van der Waals surface area contributed by atoms with Crippen LogP contribution in [0.5, 0.6) is 0 Å². The van der Waals surface area contributed by atoms with Gasteiger partial charge < -0.3 is 20.9 Å². The van der Waals surface area contributed by atoms with Gasteiger partial charge in [-0.25, -0.2) is 4.39 Å². The Balaban J connectivity index is 2.72. The quantitative estimate of drug-likeness (QED) is 0.641. The monoisotopic (exact) mass is 242 g/mol. The average molecular weight is 242 g/mol. The van der Waals surface area contributed by atoms with Gasteiger partial charge in [-0.05, 0) is 18.2 Å². The van der Waals surface area contributed by atoms with Crippen LogP contribution in [0, 0.1) is 5.82 Å². The number of benzene rings is 1. The van der Waals surface area contributed by atoms with Crippen molar-refractivity contribution in [3.63, 3.8) is 0 Å². The van der Waals surface area contributed by atoms with Crippen LogP contribution in [0.25, 0.3) is 0 Å². The second-order valence-corrected chi connectivity index (χ2v) is 3.54. The second kappa shape index (κ2) is 6.17. The third-order valence-electron chi connectivity index (χ3n) is 2.18. The number of carbonyl (C=O) groups excluding carboxylic acids is 1. The first-order chi connectivity index (χ1) is 8.08. The Morgan fingerprint density at radius 1 is 1.65 bits per heavy atom. The number of rotatable bonds is 5. The molecule has 1 amide bonds. The molecule has 0 aliphatic heterocycles. The van der Waals surface area contributed by atoms with Gasteiger partial charge in [0.05, 0.1) is 24.9 Å². The van der Waals surface area contributed by atoms with Gasteiger partial charge in [-0.3, -0.25) is 4.79 Å². The number of nitrogens with one attached hydrogen (secondary N) is 1. The summed E-state index contributed by atoms with van der Waals surface area (Å²) < 4.78 is 17.7. The van der Waals surface area contributed by atoms with E-state index in [-0.39, 0.29) is 24.5 Å². The molecule has 1 aromatic rings. The fourth-order valence-corrected chi connectivity index (χ4v) is 1.29. The average Bonchev–Trinajstić information content (AvgIpc) is 2.31. The van der Waals surface area contributed by atoms with Crippen LogP contribution < -0.4 is 11.1 Å². The Kier molecular flexibility index (Phi) is 4.86. The first-order valence-corrected chi connectivity index (χ1v) is 5.04. The summed E-state index contributed by atoms with van der Waals surface area (Å²) in [4.78, 5) is 11.7. The first kappa shape index (κ1) is 13.4. The van der Waals surface area contributed by atoms with Crippen molar-refractivity contribution in [3.8, 4) is 0 Å². The maximum Gasteiger partial charge on any atom is 0.251 e. The highest BCUT2D eigenvalue weighted by Crippen LogP contribution is 2.12. The zero-order valence-corrected chi connectivity index (χ0v) is 9.44. The first-order valence-electron chi connectivity index (χ1n) is 5.04. The highest BCUT2D eigenvalue weighted by Gasteiger charge is 2.13. The molecule has 1 rings (SSSR count). The number of amides is 1. The Hall–Kier alpha value is -1.66. The summed E-state index contributed by atoms with van der Waals surface area (Å²) >= 11 is 0. The van der Waals surface area contributed by atoms with E-state index in [0.717, 1.165) is 6.07 Å². The van der Waals surface area contributed by atoms with E-state index in [1.165, 1.54) is 19.2 Å². The van der Waals surface area contributed by atoms with Crippen LogP contribution in [0.1, 0.15) is 10.4 Å². The molecule has 0 saturated carbocycles. The van der Waals surface area contributed by atoms with Crippen molar-refractivity contribution in [1.82, 2.24) is 5.32 Å². The molecule has 6 heteroatoms. The molecule has 17 heavy (non-hydrogen) atoms. The maximum absolute atomic E-state index is 12.9. The number of nitrogens with two attached hydrogens (primary N) is 1. The number of hydrogen-bond donors (Lipinski definition) is 3. The number of nitrogen functional groups attached to an aromatic ring is 1. The van der Waals surface area contributed by atoms with Crippen molar-refractivity contribution in [2.75, 3.05) is 26.1 Å². The van der Waals surface area contributed by atoms with Crippen molar-refractivity contribution >= 4 is 11.6 Å². The molecule has 5 nitrogen and oxygen atoms in total. The van der Waals surface area contributed by atoms with Crippen molar-refractivity contribution in [1.29, 1.82) is 0 Å². The van der Waals surface area contributed by atoms with E-state index >= 15 is 0 Å². The SMILES string of the molecule is COCC(CO)NC(=O)c1ccc(F)c(N)c1. The van der Waals surface area contributed by atoms with E-state index in [1.807, 2.05) is 0 Å². The van der Waals surface area contributed by atoms with Crippen LogP contribution in [-0.2, 0) is 4.74 Å². The minimum Gasteiger partial charge on any atom is -0.396 e. The third kappa shape index (κ3) is 3.69. The lowest BCUT2D eigenvalue weighted by molar-refractivity contribution is 0.0839. The summed E-state index contributed by atoms with van der Waals surface area (Å²) in [6.07, 6.45) is 0. The van der Waals surface area contributed by atoms with E-state index < -0.39 is 17.8 Å². The summed E-state index contributed by atoms with van der Waals surface area (Å²) in [6, 6.07) is 3.18. The van der Waals surface area contributed by atoms with Gasteiger partial charge in [-0.2, -0.15) is 0 Å². The number of halogens is 1. The number of carbonyl (C=O) groups is 1. The fraction of sp³-hybridized carbons (Fsp3) is 0.364. The van der Waals surface area contributed by atoms with Gasteiger partial charge >= 0.3 is 0 Å². The molecule has 0 saturated heterocycles. The zero-order chi connectivity index (χ0) is 12.8. The van der Waals surface area contributed by atoms with Crippen LogP contribution >= 0.6 is 0 Å². The lowest BCUT2D eigenvalue weighted by Gasteiger charge is -2.15. The molecule has 1 aromatic carbocycles. The highest BCUT2D eigenvalue weighted by atomic mass is 19.1. The molecule has 0 fully saturated rings. The number of anilines is 1. The van der Waals surface area contributed by atoms with Gasteiger partial charge in [0.25, 0.3) is 5.91 Å². The van der Waals surface area contributed by atoms with Crippen molar-refractivity contribution in [2.24, 2.45) is 0 Å². The van der Waals surface area contributed by atoms with Gasteiger partial charge in [-0.15, -0.1) is 0 Å². The van der Waals surface area contributed by atoms with Gasteiger partial charge in [0, 0.05) is 12.7 Å². The third-order valence-corrected chi connectivity index (χ3v) is 2.18. The number of aliphatic hydroxyl groups is 1. The van der Waals surface area contributed by atoms with Crippen LogP contribution in [0.4, 0.5) is 10.1 Å². The van der Waals surface area contributed by atoms with Gasteiger partial charge in [0.1, 0.15) is 5.82 Å². The van der Waals surface area contributed by atoms with Crippen LogP contribution in [0.15, 0.2) is 18.2 Å². The summed E-state index contributed by atoms with van der Waals surface area (Å²) in [5, 5.41) is 11.5. The van der Waals surface area contributed by atoms with Crippen LogP contribution in [0.3, 0.4) is 0 Å². The molecule has 1 atom stereocenters. The Morgan fingerprint density at radius 2 is 2.35 bits per heavy atom. The summed E-state index contributed by atoms with van der Waals surface area (Å²) in [6.45, 7) is -0.0465. The smallest absolute Gasteiger partial charge is 0.251 e. The molecule has 0 aromatic heterocycles. The molecule has 0 aliphatic rings. The molecule has 0 heterocycles. The van der Waals surface area contributed by atoms with E-state index in [1.54, 1.807) is 0 Å². The standard InChI is InChI=1S/C11H15FN2O3/c1-17-6-8(5-15)14-11(16)7-2-3-9(12)10(13)4-7/h2-4,8,15H,5-6,13H2,1H3,(H,14,16). The number of methoxy groups -OCH3 is 1. The second-order valence-electron chi connectivity index (χ2n) is 3.54. The highest BCUT2D eigenvalue weighted by molar-refractivity contribution is 5.95. The number of hydrogen-bond acceptors (Lipinski definition) is 4. The number of ether oxygens (including phenoxy) is 1. The summed E-state index contributed by atoms with van der Waals surface area (Å²) in [7, 11) is 1.46. The van der Waals surface area contributed by atoms with Crippen molar-refractivity contribution in [2.45, 2.75) is 6.04 Å². The largest absolute Gasteiger partial charge is 0.396 e. The summed E-state index contributed by atoms with van der Waals surface area (Å²) in [5.41, 5.74) is 5.49. The van der Waals surface area contributed by atoms with Crippen LogP contribution in [-0.4, -0.2) is 37.4 Å². The molecular formula is C11H15FN2O3. The molecule has 0 radical (unpaired) electrons. The van der Waals surface area contributed by atoms with Crippen LogP contribution in [0.2, 0.25) is 0 Å². The molecule has 0 aliphatic carbocycles. The van der Waals surface area contributed by atoms with Gasteiger partial charge in [-0.1, -0.05) is 0 Å². The zero-order valence-electron chi connectivity index (χ0n) is 9.44. The Labute approximate surface area is 98.4 Å². The topological polar surface area (TPSA) is 84.6 Å². The lowest BCUT2D eigenvalue weighted by Crippen LogP contribution is -2.40. The predicted octanol–water partition coefficient (Wildman–Crippen LogP) is 0.145. The minimum absolute atomic E-state index is 0.0926. The van der Waals surface area contributed by atoms with Crippen molar-refractivity contribution < 1.29 is 19.0 Å². The van der Waals surface area contributed by atoms with Gasteiger partial charge in [0.2, 0.25) is 0 Å². The summed E-state index contributed by atoms with van der Waals surface area (Å²) in [5.74, 6) is -1.01. The van der Waals surface area contributed by atoms with E-state index in [2.05, 4.69) is 5.32 Å². The molecular weight excluding hydrogens is 227 g/mol. The number of aliphatic hydroxyl groups excluding tert-OH is 1.